The van der Waals surface area contributed by atoms with E-state index >= 15 is 0 Å². The van der Waals surface area contributed by atoms with Gasteiger partial charge in [0.2, 0.25) is 5.91 Å². The van der Waals surface area contributed by atoms with Crippen LogP contribution in [0.15, 0.2) is 79.0 Å². The van der Waals surface area contributed by atoms with E-state index in [1.807, 2.05) is 60.7 Å². The van der Waals surface area contributed by atoms with Gasteiger partial charge in [0, 0.05) is 18.0 Å². The lowest BCUT2D eigenvalue weighted by molar-refractivity contribution is -0.116. The minimum Gasteiger partial charge on any atom is -0.497 e. The normalized spacial score (nSPS) is 11.2. The summed E-state index contributed by atoms with van der Waals surface area (Å²) in [5, 5.41) is 4.00. The van der Waals surface area contributed by atoms with Crippen molar-refractivity contribution in [2.24, 2.45) is 0 Å². The second kappa shape index (κ2) is 9.51. The van der Waals surface area contributed by atoms with Crippen molar-refractivity contribution >= 4 is 28.6 Å². The van der Waals surface area contributed by atoms with Crippen molar-refractivity contribution in [2.75, 3.05) is 12.4 Å². The van der Waals surface area contributed by atoms with Gasteiger partial charge in [-0.15, -0.1) is 6.58 Å². The Kier molecular flexibility index (Phi) is 6.58. The number of aromatic nitrogens is 1. The van der Waals surface area contributed by atoms with Crippen molar-refractivity contribution in [2.45, 2.75) is 19.3 Å². The minimum atomic E-state index is -0.0289. The first kappa shape index (κ1) is 19.4. The SMILES string of the molecule is C=CC/C(=C/c1cccc(OC)c1)CCC(=O)Nc1cccc2cccnc12. The number of ether oxygens (including phenoxy) is 1. The van der Waals surface area contributed by atoms with Crippen LogP contribution in [0, 0.1) is 0 Å². The molecule has 0 aliphatic carbocycles. The van der Waals surface area contributed by atoms with Crippen molar-refractivity contribution in [3.8, 4) is 5.75 Å². The van der Waals surface area contributed by atoms with Gasteiger partial charge in [-0.05, 0) is 42.7 Å². The Morgan fingerprint density at radius 3 is 2.79 bits per heavy atom. The molecule has 4 heteroatoms. The number of benzene rings is 2. The van der Waals surface area contributed by atoms with Gasteiger partial charge in [0.05, 0.1) is 18.3 Å². The van der Waals surface area contributed by atoms with Gasteiger partial charge in [-0.3, -0.25) is 9.78 Å². The Balaban J connectivity index is 1.68. The molecular formula is C24H24N2O2. The molecule has 4 nitrogen and oxygen atoms in total. The number of carbonyl (C=O) groups excluding carboxylic acids is 1. The third kappa shape index (κ3) is 5.07. The molecule has 0 unspecified atom stereocenters. The number of nitrogens with one attached hydrogen (secondary N) is 1. The maximum absolute atomic E-state index is 12.5. The number of nitrogens with zero attached hydrogens (tertiary/aromatic N) is 1. The maximum atomic E-state index is 12.5. The van der Waals surface area contributed by atoms with Crippen LogP contribution in [0.2, 0.25) is 0 Å². The van der Waals surface area contributed by atoms with Crippen LogP contribution >= 0.6 is 0 Å². The lowest BCUT2D eigenvalue weighted by Crippen LogP contribution is -2.12. The van der Waals surface area contributed by atoms with Gasteiger partial charge in [0.25, 0.3) is 0 Å². The van der Waals surface area contributed by atoms with Crippen LogP contribution in [-0.4, -0.2) is 18.0 Å². The Hall–Kier alpha value is -3.40. The molecule has 0 bridgehead atoms. The van der Waals surface area contributed by atoms with Gasteiger partial charge in [-0.1, -0.05) is 48.1 Å². The van der Waals surface area contributed by atoms with Crippen molar-refractivity contribution in [3.05, 3.63) is 84.6 Å². The summed E-state index contributed by atoms with van der Waals surface area (Å²) in [6.45, 7) is 3.83. The van der Waals surface area contributed by atoms with Crippen LogP contribution < -0.4 is 10.1 Å². The summed E-state index contributed by atoms with van der Waals surface area (Å²) in [6.07, 6.45) is 7.48. The minimum absolute atomic E-state index is 0.0289. The first-order valence-electron chi connectivity index (χ1n) is 9.27. The number of anilines is 1. The van der Waals surface area contributed by atoms with Crippen molar-refractivity contribution in [1.82, 2.24) is 4.98 Å². The molecule has 0 spiro atoms. The average molecular weight is 372 g/mol. The molecule has 0 fully saturated rings. The van der Waals surface area contributed by atoms with Gasteiger partial charge in [-0.2, -0.15) is 0 Å². The molecule has 1 aromatic heterocycles. The number of para-hydroxylation sites is 1. The van der Waals surface area contributed by atoms with Gasteiger partial charge < -0.3 is 10.1 Å². The zero-order valence-electron chi connectivity index (χ0n) is 16.0. The summed E-state index contributed by atoms with van der Waals surface area (Å²) >= 11 is 0. The van der Waals surface area contributed by atoms with E-state index in [1.165, 1.54) is 0 Å². The number of allylic oxidation sites excluding steroid dienone is 2. The quantitative estimate of drug-likeness (QED) is 0.522. The zero-order valence-corrected chi connectivity index (χ0v) is 16.0. The van der Waals surface area contributed by atoms with Crippen LogP contribution in [0.25, 0.3) is 17.0 Å². The largest absolute Gasteiger partial charge is 0.497 e. The van der Waals surface area contributed by atoms with E-state index in [0.717, 1.165) is 39.9 Å². The number of hydrogen-bond donors (Lipinski definition) is 1. The molecule has 2 aromatic carbocycles. The molecule has 142 valence electrons. The monoisotopic (exact) mass is 372 g/mol. The Bertz CT molecular complexity index is 1000. The first-order chi connectivity index (χ1) is 13.7. The Morgan fingerprint density at radius 1 is 1.14 bits per heavy atom. The number of methoxy groups -OCH3 is 1. The highest BCUT2D eigenvalue weighted by molar-refractivity contribution is 6.00. The van der Waals surface area contributed by atoms with E-state index in [-0.39, 0.29) is 5.91 Å². The highest BCUT2D eigenvalue weighted by atomic mass is 16.5. The molecule has 1 N–H and O–H groups in total. The fourth-order valence-corrected chi connectivity index (χ4v) is 3.08. The summed E-state index contributed by atoms with van der Waals surface area (Å²) in [5.41, 5.74) is 3.74. The second-order valence-corrected chi connectivity index (χ2v) is 6.50. The van der Waals surface area contributed by atoms with Gasteiger partial charge >= 0.3 is 0 Å². The topological polar surface area (TPSA) is 51.2 Å². The van der Waals surface area contributed by atoms with Gasteiger partial charge in [0.1, 0.15) is 5.75 Å². The smallest absolute Gasteiger partial charge is 0.224 e. The van der Waals surface area contributed by atoms with E-state index in [2.05, 4.69) is 23.0 Å². The molecule has 1 amide bonds. The summed E-state index contributed by atoms with van der Waals surface area (Å²) in [5.74, 6) is 0.784. The molecule has 0 radical (unpaired) electrons. The number of hydrogen-bond acceptors (Lipinski definition) is 3. The average Bonchev–Trinajstić information content (AvgIpc) is 2.72. The summed E-state index contributed by atoms with van der Waals surface area (Å²) in [6, 6.07) is 17.5. The molecule has 1 heterocycles. The molecule has 3 aromatic rings. The van der Waals surface area contributed by atoms with Gasteiger partial charge in [-0.25, -0.2) is 0 Å². The highest BCUT2D eigenvalue weighted by Gasteiger charge is 2.08. The molecule has 0 saturated carbocycles. The van der Waals surface area contributed by atoms with Crippen LogP contribution in [0.5, 0.6) is 5.75 Å². The molecule has 0 aliphatic rings. The van der Waals surface area contributed by atoms with Crippen LogP contribution in [0.1, 0.15) is 24.8 Å². The number of fused-ring (bicyclic) bond motifs is 1. The standard InChI is InChI=1S/C24H24N2O2/c1-3-7-18(16-19-8-4-11-21(17-19)28-2)13-14-23(27)26-22-12-5-9-20-10-6-15-25-24(20)22/h3-6,8-12,15-17H,1,7,13-14H2,2H3,(H,26,27)/b18-16-. The number of rotatable bonds is 8. The van der Waals surface area contributed by atoms with Crippen LogP contribution in [0.4, 0.5) is 5.69 Å². The maximum Gasteiger partial charge on any atom is 0.224 e. The number of pyridine rings is 1. The van der Waals surface area contributed by atoms with Crippen molar-refractivity contribution in [1.29, 1.82) is 0 Å². The van der Waals surface area contributed by atoms with Gasteiger partial charge in [0.15, 0.2) is 0 Å². The molecule has 3 rings (SSSR count). The Morgan fingerprint density at radius 2 is 1.96 bits per heavy atom. The van der Waals surface area contributed by atoms with Crippen molar-refractivity contribution < 1.29 is 9.53 Å². The van der Waals surface area contributed by atoms with E-state index in [9.17, 15) is 4.79 Å². The molecule has 0 saturated heterocycles. The Labute approximate surface area is 165 Å². The number of amides is 1. The van der Waals surface area contributed by atoms with E-state index in [1.54, 1.807) is 13.3 Å². The summed E-state index contributed by atoms with van der Waals surface area (Å²) in [7, 11) is 1.65. The predicted octanol–water partition coefficient (Wildman–Crippen LogP) is 5.62. The zero-order chi connectivity index (χ0) is 19.8. The third-order valence-corrected chi connectivity index (χ3v) is 4.45. The summed E-state index contributed by atoms with van der Waals surface area (Å²) in [4.78, 5) is 16.9. The fourth-order valence-electron chi connectivity index (χ4n) is 3.08. The number of carbonyl (C=O) groups is 1. The van der Waals surface area contributed by atoms with Crippen molar-refractivity contribution in [3.63, 3.8) is 0 Å². The first-order valence-corrected chi connectivity index (χ1v) is 9.27. The lowest BCUT2D eigenvalue weighted by Gasteiger charge is -2.09. The third-order valence-electron chi connectivity index (χ3n) is 4.45. The molecule has 0 atom stereocenters. The summed E-state index contributed by atoms with van der Waals surface area (Å²) < 4.78 is 5.28. The molecule has 0 aliphatic heterocycles. The van der Waals surface area contributed by atoms with Crippen LogP contribution in [-0.2, 0) is 4.79 Å². The van der Waals surface area contributed by atoms with E-state index in [4.69, 9.17) is 4.74 Å². The molecule has 28 heavy (non-hydrogen) atoms. The molecular weight excluding hydrogens is 348 g/mol. The second-order valence-electron chi connectivity index (χ2n) is 6.50. The van der Waals surface area contributed by atoms with E-state index in [0.29, 0.717) is 12.8 Å². The lowest BCUT2D eigenvalue weighted by atomic mass is 10.0. The predicted molar refractivity (Wildman–Crippen MR) is 115 cm³/mol. The van der Waals surface area contributed by atoms with E-state index < -0.39 is 0 Å². The van der Waals surface area contributed by atoms with Crippen LogP contribution in [0.3, 0.4) is 0 Å². The highest BCUT2D eigenvalue weighted by Crippen LogP contribution is 2.22. The fraction of sp³-hybridized carbons (Fsp3) is 0.167.